The van der Waals surface area contributed by atoms with Crippen molar-refractivity contribution >= 4 is 41.1 Å². The highest BCUT2D eigenvalue weighted by Crippen LogP contribution is 2.23. The molecule has 0 saturated carbocycles. The first-order chi connectivity index (χ1) is 13.0. The van der Waals surface area contributed by atoms with Gasteiger partial charge < -0.3 is 10.2 Å². The lowest BCUT2D eigenvalue weighted by Crippen LogP contribution is -2.33. The first-order valence-electron chi connectivity index (χ1n) is 8.08. The monoisotopic (exact) mass is 384 g/mol. The van der Waals surface area contributed by atoms with E-state index in [1.165, 1.54) is 12.1 Å². The molecule has 1 aliphatic heterocycles. The van der Waals surface area contributed by atoms with Gasteiger partial charge in [-0.1, -0.05) is 29.3 Å². The Hall–Kier alpha value is -3.13. The molecule has 7 nitrogen and oxygen atoms in total. The molecule has 138 valence electrons. The fourth-order valence-electron chi connectivity index (χ4n) is 2.53. The summed E-state index contributed by atoms with van der Waals surface area (Å²) in [6.07, 6.45) is 0. The van der Waals surface area contributed by atoms with Gasteiger partial charge in [-0.2, -0.15) is 0 Å². The second-order valence-corrected chi connectivity index (χ2v) is 6.81. The molecule has 0 bridgehead atoms. The zero-order valence-electron chi connectivity index (χ0n) is 14.4. The highest BCUT2D eigenvalue weighted by atomic mass is 32.2. The Morgan fingerprint density at radius 1 is 1.00 bits per heavy atom. The van der Waals surface area contributed by atoms with Crippen LogP contribution in [-0.2, 0) is 14.4 Å². The van der Waals surface area contributed by atoms with Crippen molar-refractivity contribution in [3.63, 3.8) is 0 Å². The third-order valence-corrected chi connectivity index (χ3v) is 4.61. The number of fused-ring (bicyclic) bond motifs is 1. The van der Waals surface area contributed by atoms with Gasteiger partial charge in [-0.05, 0) is 36.8 Å². The molecule has 0 fully saturated rings. The van der Waals surface area contributed by atoms with Crippen LogP contribution in [0.25, 0.3) is 0 Å². The Morgan fingerprint density at radius 2 is 1.67 bits per heavy atom. The molecule has 2 aromatic carbocycles. The van der Waals surface area contributed by atoms with Gasteiger partial charge in [0.05, 0.1) is 22.6 Å². The molecule has 1 N–H and O–H groups in total. The number of imide groups is 1. The number of rotatable bonds is 6. The third kappa shape index (κ3) is 4.35. The number of anilines is 1. The molecule has 0 aliphatic carbocycles. The van der Waals surface area contributed by atoms with E-state index in [1.54, 1.807) is 18.2 Å². The van der Waals surface area contributed by atoms with Crippen LogP contribution in [-0.4, -0.2) is 40.3 Å². The molecule has 0 atom stereocenters. The molecule has 0 aromatic heterocycles. The summed E-state index contributed by atoms with van der Waals surface area (Å²) >= 11 is 1.03. The van der Waals surface area contributed by atoms with Crippen molar-refractivity contribution in [1.29, 1.82) is 0 Å². The predicted molar refractivity (Wildman–Crippen MR) is 100 cm³/mol. The third-order valence-electron chi connectivity index (χ3n) is 3.70. The Kier molecular flexibility index (Phi) is 5.56. The predicted octanol–water partition coefficient (Wildman–Crippen LogP) is 2.42. The summed E-state index contributed by atoms with van der Waals surface area (Å²) in [5.74, 6) is -2.53. The lowest BCUT2D eigenvalue weighted by Gasteiger charge is -2.12. The summed E-state index contributed by atoms with van der Waals surface area (Å²) in [7, 11) is 0. The van der Waals surface area contributed by atoms with Crippen molar-refractivity contribution in [3.8, 4) is 0 Å². The molecule has 3 rings (SSSR count). The van der Waals surface area contributed by atoms with E-state index in [1.807, 2.05) is 25.1 Å². The van der Waals surface area contributed by atoms with Crippen LogP contribution >= 0.6 is 11.8 Å². The van der Waals surface area contributed by atoms with Crippen LogP contribution in [0.4, 0.5) is 5.69 Å². The quantitative estimate of drug-likeness (QED) is 0.769. The molecular weight excluding hydrogens is 368 g/mol. The van der Waals surface area contributed by atoms with Gasteiger partial charge in [0.2, 0.25) is 5.91 Å². The average Bonchev–Trinajstić information content (AvgIpc) is 2.87. The van der Waals surface area contributed by atoms with E-state index in [2.05, 4.69) is 5.32 Å². The summed E-state index contributed by atoms with van der Waals surface area (Å²) in [5, 5.41) is 3.18. The first kappa shape index (κ1) is 18.7. The van der Waals surface area contributed by atoms with Crippen molar-refractivity contribution in [2.45, 2.75) is 6.92 Å². The molecule has 1 heterocycles. The minimum atomic E-state index is -0.780. The van der Waals surface area contributed by atoms with Gasteiger partial charge in [-0.15, -0.1) is 11.8 Å². The number of carbonyl (C=O) groups excluding carboxylic acids is 4. The second kappa shape index (κ2) is 8.05. The van der Waals surface area contributed by atoms with Crippen LogP contribution in [0.3, 0.4) is 0 Å². The van der Waals surface area contributed by atoms with E-state index in [4.69, 9.17) is 4.84 Å². The zero-order valence-corrected chi connectivity index (χ0v) is 15.2. The molecule has 0 spiro atoms. The van der Waals surface area contributed by atoms with Crippen molar-refractivity contribution in [2.24, 2.45) is 0 Å². The zero-order chi connectivity index (χ0) is 19.4. The normalized spacial score (nSPS) is 12.7. The molecule has 1 aliphatic rings. The lowest BCUT2D eigenvalue weighted by molar-refractivity contribution is -0.165. The van der Waals surface area contributed by atoms with Crippen LogP contribution in [0.15, 0.2) is 48.5 Å². The largest absolute Gasteiger partial charge is 0.343 e. The lowest BCUT2D eigenvalue weighted by atomic mass is 10.1. The maximum absolute atomic E-state index is 12.1. The van der Waals surface area contributed by atoms with Gasteiger partial charge in [-0.3, -0.25) is 14.4 Å². The molecule has 8 heteroatoms. The van der Waals surface area contributed by atoms with Crippen LogP contribution in [0, 0.1) is 6.92 Å². The van der Waals surface area contributed by atoms with Crippen molar-refractivity contribution in [3.05, 3.63) is 65.2 Å². The number of thioether (sulfide) groups is 1. The van der Waals surface area contributed by atoms with Gasteiger partial charge >= 0.3 is 5.97 Å². The van der Waals surface area contributed by atoms with E-state index >= 15 is 0 Å². The van der Waals surface area contributed by atoms with E-state index in [9.17, 15) is 19.2 Å². The molecule has 0 saturated heterocycles. The number of nitrogens with one attached hydrogen (secondary N) is 1. The highest BCUT2D eigenvalue weighted by Gasteiger charge is 2.38. The van der Waals surface area contributed by atoms with Gasteiger partial charge in [0.1, 0.15) is 0 Å². The van der Waals surface area contributed by atoms with Gasteiger partial charge in [-0.25, -0.2) is 4.79 Å². The van der Waals surface area contributed by atoms with Crippen LogP contribution in [0.5, 0.6) is 0 Å². The molecule has 0 radical (unpaired) electrons. The van der Waals surface area contributed by atoms with E-state index in [0.717, 1.165) is 17.3 Å². The topological polar surface area (TPSA) is 92.8 Å². The van der Waals surface area contributed by atoms with Crippen molar-refractivity contribution in [1.82, 2.24) is 5.06 Å². The highest BCUT2D eigenvalue weighted by molar-refractivity contribution is 8.00. The molecule has 2 aromatic rings. The fraction of sp³-hybridized carbons (Fsp3) is 0.158. The first-order valence-corrected chi connectivity index (χ1v) is 9.24. The summed E-state index contributed by atoms with van der Waals surface area (Å²) in [6, 6.07) is 13.6. The summed E-state index contributed by atoms with van der Waals surface area (Å²) < 4.78 is 0. The second-order valence-electron chi connectivity index (χ2n) is 5.82. The summed E-state index contributed by atoms with van der Waals surface area (Å²) in [6.45, 7) is 1.92. The smallest absolute Gasteiger partial charge is 0.329 e. The van der Waals surface area contributed by atoms with Gasteiger partial charge in [0.25, 0.3) is 11.8 Å². The van der Waals surface area contributed by atoms with E-state index < -0.39 is 17.8 Å². The molecule has 3 amide bonds. The number of hydrogen-bond donors (Lipinski definition) is 1. The number of benzene rings is 2. The standard InChI is InChI=1S/C19H16N2O5S/c1-12-5-4-6-13(9-12)20-16(22)10-27-11-17(23)26-21-18(24)14-7-2-3-8-15(14)19(21)25/h2-9H,10-11H2,1H3,(H,20,22). The maximum atomic E-state index is 12.1. The van der Waals surface area contributed by atoms with Crippen molar-refractivity contribution in [2.75, 3.05) is 16.8 Å². The average molecular weight is 384 g/mol. The molecular formula is C19H16N2O5S. The number of nitrogens with zero attached hydrogens (tertiary/aromatic N) is 1. The molecule has 27 heavy (non-hydrogen) atoms. The fourth-order valence-corrected chi connectivity index (χ4v) is 3.10. The van der Waals surface area contributed by atoms with E-state index in [0.29, 0.717) is 10.8 Å². The summed E-state index contributed by atoms with van der Waals surface area (Å²) in [5.41, 5.74) is 2.08. The number of aryl methyl sites for hydroxylation is 1. The number of hydroxylamine groups is 2. The van der Waals surface area contributed by atoms with Crippen LogP contribution < -0.4 is 5.32 Å². The van der Waals surface area contributed by atoms with Crippen LogP contribution in [0.1, 0.15) is 26.3 Å². The number of carbonyl (C=O) groups is 4. The summed E-state index contributed by atoms with van der Waals surface area (Å²) in [4.78, 5) is 52.9. The van der Waals surface area contributed by atoms with Gasteiger partial charge in [0, 0.05) is 5.69 Å². The maximum Gasteiger partial charge on any atom is 0.343 e. The van der Waals surface area contributed by atoms with E-state index in [-0.39, 0.29) is 28.5 Å². The Bertz CT molecular complexity index is 893. The minimum Gasteiger partial charge on any atom is -0.329 e. The Labute approximate surface area is 159 Å². The Morgan fingerprint density at radius 3 is 2.30 bits per heavy atom. The number of amides is 3. The SMILES string of the molecule is Cc1cccc(NC(=O)CSCC(=O)ON2C(=O)c3ccccc3C2=O)c1. The number of hydrogen-bond acceptors (Lipinski definition) is 6. The van der Waals surface area contributed by atoms with Crippen molar-refractivity contribution < 1.29 is 24.0 Å². The Balaban J connectivity index is 1.46. The van der Waals surface area contributed by atoms with Gasteiger partial charge in [0.15, 0.2) is 0 Å². The molecule has 0 unspecified atom stereocenters. The van der Waals surface area contributed by atoms with Crippen LogP contribution in [0.2, 0.25) is 0 Å². The minimum absolute atomic E-state index is 0.0329.